The standard InChI is InChI=1S/C13H8O/c14-10-4-8-12-7-3-6-11-5-1-2-9-13(11)12/h1-3,5-7,9-10H. The Morgan fingerprint density at radius 2 is 1.79 bits per heavy atom. The van der Waals surface area contributed by atoms with Gasteiger partial charge >= 0.3 is 0 Å². The van der Waals surface area contributed by atoms with Gasteiger partial charge < -0.3 is 0 Å². The van der Waals surface area contributed by atoms with Gasteiger partial charge in [0, 0.05) is 5.56 Å². The Balaban J connectivity index is 2.70. The van der Waals surface area contributed by atoms with Crippen LogP contribution in [-0.4, -0.2) is 6.29 Å². The summed E-state index contributed by atoms with van der Waals surface area (Å²) in [6, 6.07) is 13.9. The first-order chi connectivity index (χ1) is 6.92. The SMILES string of the molecule is O=CC#Cc1cccc2ccccc12. The maximum absolute atomic E-state index is 10.1. The van der Waals surface area contributed by atoms with E-state index in [1.165, 1.54) is 0 Å². The van der Waals surface area contributed by atoms with Crippen LogP contribution in [0.1, 0.15) is 5.56 Å². The summed E-state index contributed by atoms with van der Waals surface area (Å²) in [6.45, 7) is 0. The molecule has 0 aliphatic rings. The zero-order chi connectivity index (χ0) is 9.80. The molecule has 2 rings (SSSR count). The summed E-state index contributed by atoms with van der Waals surface area (Å²) < 4.78 is 0. The van der Waals surface area contributed by atoms with E-state index in [2.05, 4.69) is 11.8 Å². The van der Waals surface area contributed by atoms with Gasteiger partial charge in [0.25, 0.3) is 0 Å². The van der Waals surface area contributed by atoms with Crippen molar-refractivity contribution in [1.82, 2.24) is 0 Å². The summed E-state index contributed by atoms with van der Waals surface area (Å²) in [5.41, 5.74) is 0.898. The number of aldehydes is 1. The van der Waals surface area contributed by atoms with E-state index in [0.29, 0.717) is 6.29 Å². The van der Waals surface area contributed by atoms with Gasteiger partial charge in [0.2, 0.25) is 0 Å². The van der Waals surface area contributed by atoms with E-state index in [1.807, 2.05) is 42.5 Å². The summed E-state index contributed by atoms with van der Waals surface area (Å²) in [4.78, 5) is 10.1. The van der Waals surface area contributed by atoms with Crippen LogP contribution in [0.3, 0.4) is 0 Å². The summed E-state index contributed by atoms with van der Waals surface area (Å²) in [6.07, 6.45) is 0.613. The molecule has 0 spiro atoms. The summed E-state index contributed by atoms with van der Waals surface area (Å²) >= 11 is 0. The molecule has 0 saturated carbocycles. The van der Waals surface area contributed by atoms with Crippen LogP contribution in [0.25, 0.3) is 10.8 Å². The van der Waals surface area contributed by atoms with Crippen molar-refractivity contribution < 1.29 is 4.79 Å². The van der Waals surface area contributed by atoms with E-state index in [0.717, 1.165) is 16.3 Å². The summed E-state index contributed by atoms with van der Waals surface area (Å²) in [5.74, 6) is 5.25. The molecule has 0 bridgehead atoms. The monoisotopic (exact) mass is 180 g/mol. The molecule has 2 aromatic rings. The highest BCUT2D eigenvalue weighted by Gasteiger charge is 1.95. The first kappa shape index (κ1) is 8.52. The molecule has 1 heteroatoms. The number of benzene rings is 2. The zero-order valence-corrected chi connectivity index (χ0v) is 7.53. The topological polar surface area (TPSA) is 17.1 Å². The van der Waals surface area contributed by atoms with Gasteiger partial charge in [-0.3, -0.25) is 4.79 Å². The Labute approximate surface area is 82.4 Å². The van der Waals surface area contributed by atoms with Gasteiger partial charge in [0.1, 0.15) is 0 Å². The first-order valence-corrected chi connectivity index (χ1v) is 4.35. The molecule has 0 unspecified atom stereocenters. The highest BCUT2D eigenvalue weighted by atomic mass is 16.1. The normalized spacial score (nSPS) is 9.14. The third-order valence-electron chi connectivity index (χ3n) is 2.06. The average molecular weight is 180 g/mol. The fraction of sp³-hybridized carbons (Fsp3) is 0. The molecule has 0 heterocycles. The third kappa shape index (κ3) is 1.51. The number of carbonyl (C=O) groups excluding carboxylic acids is 1. The largest absolute Gasteiger partial charge is 0.289 e. The van der Waals surface area contributed by atoms with Crippen molar-refractivity contribution in [2.24, 2.45) is 0 Å². The van der Waals surface area contributed by atoms with Gasteiger partial charge in [0.15, 0.2) is 6.29 Å². The molecule has 0 aliphatic carbocycles. The predicted molar refractivity (Wildman–Crippen MR) is 56.9 cm³/mol. The average Bonchev–Trinajstić information content (AvgIpc) is 2.26. The number of carbonyl (C=O) groups is 1. The van der Waals surface area contributed by atoms with Gasteiger partial charge in [-0.25, -0.2) is 0 Å². The minimum atomic E-state index is 0.613. The van der Waals surface area contributed by atoms with Crippen molar-refractivity contribution >= 4 is 17.1 Å². The summed E-state index contributed by atoms with van der Waals surface area (Å²) in [7, 11) is 0. The molecule has 1 nitrogen and oxygen atoms in total. The van der Waals surface area contributed by atoms with Crippen LogP contribution < -0.4 is 0 Å². The van der Waals surface area contributed by atoms with Crippen molar-refractivity contribution in [3.05, 3.63) is 48.0 Å². The second-order valence-corrected chi connectivity index (χ2v) is 2.91. The van der Waals surface area contributed by atoms with Crippen molar-refractivity contribution in [2.45, 2.75) is 0 Å². The highest BCUT2D eigenvalue weighted by Crippen LogP contribution is 2.17. The smallest absolute Gasteiger partial charge is 0.193 e. The summed E-state index contributed by atoms with van der Waals surface area (Å²) in [5, 5.41) is 2.23. The molecular weight excluding hydrogens is 172 g/mol. The molecule has 0 fully saturated rings. The fourth-order valence-corrected chi connectivity index (χ4v) is 1.44. The minimum absolute atomic E-state index is 0.613. The Morgan fingerprint density at radius 1 is 1.00 bits per heavy atom. The van der Waals surface area contributed by atoms with Crippen LogP contribution in [0.4, 0.5) is 0 Å². The minimum Gasteiger partial charge on any atom is -0.289 e. The lowest BCUT2D eigenvalue weighted by molar-refractivity contribution is -0.103. The van der Waals surface area contributed by atoms with Gasteiger partial charge in [-0.2, -0.15) is 0 Å². The lowest BCUT2D eigenvalue weighted by Crippen LogP contribution is -1.78. The van der Waals surface area contributed by atoms with Crippen LogP contribution in [0.15, 0.2) is 42.5 Å². The molecule has 0 atom stereocenters. The fourth-order valence-electron chi connectivity index (χ4n) is 1.44. The van der Waals surface area contributed by atoms with E-state index >= 15 is 0 Å². The van der Waals surface area contributed by atoms with Gasteiger partial charge in [-0.15, -0.1) is 0 Å². The molecule has 0 aromatic heterocycles. The Morgan fingerprint density at radius 3 is 2.64 bits per heavy atom. The van der Waals surface area contributed by atoms with Gasteiger partial charge in [-0.1, -0.05) is 42.3 Å². The van der Waals surface area contributed by atoms with E-state index < -0.39 is 0 Å². The molecule has 0 radical (unpaired) electrons. The van der Waals surface area contributed by atoms with E-state index in [-0.39, 0.29) is 0 Å². The van der Waals surface area contributed by atoms with Crippen LogP contribution in [0.2, 0.25) is 0 Å². The Bertz CT molecular complexity index is 524. The molecular formula is C13H8O. The van der Waals surface area contributed by atoms with E-state index in [9.17, 15) is 4.79 Å². The Hall–Kier alpha value is -2.07. The second kappa shape index (κ2) is 3.76. The van der Waals surface area contributed by atoms with E-state index in [1.54, 1.807) is 0 Å². The van der Waals surface area contributed by atoms with Gasteiger partial charge in [0.05, 0.1) is 0 Å². The predicted octanol–water partition coefficient (Wildman–Crippen LogP) is 2.39. The molecule has 0 N–H and O–H groups in total. The number of rotatable bonds is 0. The van der Waals surface area contributed by atoms with E-state index in [4.69, 9.17) is 0 Å². The van der Waals surface area contributed by atoms with Crippen molar-refractivity contribution in [1.29, 1.82) is 0 Å². The molecule has 66 valence electrons. The highest BCUT2D eigenvalue weighted by molar-refractivity contribution is 5.89. The third-order valence-corrected chi connectivity index (χ3v) is 2.06. The van der Waals surface area contributed by atoms with Crippen LogP contribution in [0, 0.1) is 11.8 Å². The van der Waals surface area contributed by atoms with Gasteiger partial charge in [-0.05, 0) is 22.8 Å². The van der Waals surface area contributed by atoms with Crippen molar-refractivity contribution in [3.63, 3.8) is 0 Å². The molecule has 0 saturated heterocycles. The Kier molecular flexibility index (Phi) is 2.29. The molecule has 0 amide bonds. The molecule has 0 aliphatic heterocycles. The number of hydrogen-bond acceptors (Lipinski definition) is 1. The van der Waals surface area contributed by atoms with Crippen LogP contribution in [0.5, 0.6) is 0 Å². The maximum Gasteiger partial charge on any atom is 0.193 e. The number of fused-ring (bicyclic) bond motifs is 1. The lowest BCUT2D eigenvalue weighted by atomic mass is 10.1. The maximum atomic E-state index is 10.1. The molecule has 14 heavy (non-hydrogen) atoms. The number of hydrogen-bond donors (Lipinski definition) is 0. The second-order valence-electron chi connectivity index (χ2n) is 2.91. The van der Waals surface area contributed by atoms with Crippen LogP contribution in [-0.2, 0) is 4.79 Å². The zero-order valence-electron chi connectivity index (χ0n) is 7.53. The van der Waals surface area contributed by atoms with Crippen molar-refractivity contribution in [3.8, 4) is 11.8 Å². The molecule has 2 aromatic carbocycles. The quantitative estimate of drug-likeness (QED) is 0.449. The first-order valence-electron chi connectivity index (χ1n) is 4.35. The van der Waals surface area contributed by atoms with Crippen molar-refractivity contribution in [2.75, 3.05) is 0 Å². The lowest BCUT2D eigenvalue weighted by Gasteiger charge is -1.98. The van der Waals surface area contributed by atoms with Crippen LogP contribution >= 0.6 is 0 Å².